The number of nitrogens with two attached hydrogens (primary N) is 1. The van der Waals surface area contributed by atoms with Crippen molar-refractivity contribution in [2.75, 3.05) is 6.54 Å². The molecule has 2 aliphatic rings. The average Bonchev–Trinajstić information content (AvgIpc) is 2.99. The third kappa shape index (κ3) is 2.29. The number of rotatable bonds is 2. The Hall–Kier alpha value is -1.88. The zero-order chi connectivity index (χ0) is 14.1. The number of fused-ring (bicyclic) bond motifs is 1. The topological polar surface area (TPSA) is 75.4 Å². The Bertz CT molecular complexity index is 538. The maximum absolute atomic E-state index is 12.6. The predicted octanol–water partition coefficient (Wildman–Crippen LogP) is 0.177. The molecule has 106 valence electrons. The minimum absolute atomic E-state index is 0.000744. The van der Waals surface area contributed by atoms with Crippen molar-refractivity contribution in [1.29, 1.82) is 0 Å². The van der Waals surface area contributed by atoms with E-state index in [4.69, 9.17) is 5.73 Å². The van der Waals surface area contributed by atoms with E-state index in [0.717, 1.165) is 30.5 Å². The number of nitrogens with zero attached hydrogens (tertiary/aromatic N) is 1. The molecule has 0 radical (unpaired) electrons. The van der Waals surface area contributed by atoms with Crippen LogP contribution in [0.5, 0.6) is 0 Å². The van der Waals surface area contributed by atoms with Crippen LogP contribution in [0, 0.1) is 0 Å². The smallest absolute Gasteiger partial charge is 0.240 e. The van der Waals surface area contributed by atoms with Crippen LogP contribution in [-0.4, -0.2) is 35.3 Å². The number of hydrogen-bond acceptors (Lipinski definition) is 3. The van der Waals surface area contributed by atoms with E-state index in [0.29, 0.717) is 13.0 Å². The normalized spacial score (nSPS) is 25.3. The molecule has 3 rings (SSSR count). The second-order valence-electron chi connectivity index (χ2n) is 5.51. The molecule has 0 spiro atoms. The van der Waals surface area contributed by atoms with Gasteiger partial charge in [-0.3, -0.25) is 9.59 Å². The second kappa shape index (κ2) is 5.25. The predicted molar refractivity (Wildman–Crippen MR) is 74.7 cm³/mol. The standard InChI is InChI=1S/C15H19N3O2/c16-14(19)13-8-10-4-1-2-5-11(10)9-18(13)15(20)12-6-3-7-17-12/h1-2,4-5,12-13,17H,3,6-9H2,(H2,16,19)/t12?,13-/m0/s1. The van der Waals surface area contributed by atoms with Crippen LogP contribution < -0.4 is 11.1 Å². The van der Waals surface area contributed by atoms with Crippen LogP contribution in [0.25, 0.3) is 0 Å². The van der Waals surface area contributed by atoms with Crippen molar-refractivity contribution in [1.82, 2.24) is 10.2 Å². The van der Waals surface area contributed by atoms with Gasteiger partial charge in [-0.2, -0.15) is 0 Å². The van der Waals surface area contributed by atoms with Gasteiger partial charge in [0.25, 0.3) is 0 Å². The first-order chi connectivity index (χ1) is 9.66. The molecule has 2 amide bonds. The van der Waals surface area contributed by atoms with Crippen molar-refractivity contribution in [3.63, 3.8) is 0 Å². The van der Waals surface area contributed by atoms with Gasteiger partial charge in [0.15, 0.2) is 0 Å². The summed E-state index contributed by atoms with van der Waals surface area (Å²) >= 11 is 0. The zero-order valence-electron chi connectivity index (χ0n) is 11.3. The molecule has 0 aliphatic carbocycles. The van der Waals surface area contributed by atoms with Crippen LogP contribution in [-0.2, 0) is 22.6 Å². The number of primary amides is 1. The van der Waals surface area contributed by atoms with Crippen LogP contribution in [0.15, 0.2) is 24.3 Å². The second-order valence-corrected chi connectivity index (χ2v) is 5.51. The first kappa shape index (κ1) is 13.1. The molecule has 1 aromatic rings. The lowest BCUT2D eigenvalue weighted by Gasteiger charge is -2.36. The van der Waals surface area contributed by atoms with Gasteiger partial charge in [-0.05, 0) is 30.5 Å². The van der Waals surface area contributed by atoms with E-state index >= 15 is 0 Å². The molecule has 1 saturated heterocycles. The highest BCUT2D eigenvalue weighted by atomic mass is 16.2. The highest BCUT2D eigenvalue weighted by Crippen LogP contribution is 2.25. The van der Waals surface area contributed by atoms with Crippen LogP contribution in [0.4, 0.5) is 0 Å². The highest BCUT2D eigenvalue weighted by molar-refractivity contribution is 5.90. The summed E-state index contributed by atoms with van der Waals surface area (Å²) < 4.78 is 0. The van der Waals surface area contributed by atoms with E-state index in [9.17, 15) is 9.59 Å². The summed E-state index contributed by atoms with van der Waals surface area (Å²) in [6.07, 6.45) is 2.36. The Morgan fingerprint density at radius 3 is 2.65 bits per heavy atom. The van der Waals surface area contributed by atoms with E-state index < -0.39 is 11.9 Å². The van der Waals surface area contributed by atoms with Gasteiger partial charge >= 0.3 is 0 Å². The first-order valence-corrected chi connectivity index (χ1v) is 7.07. The minimum Gasteiger partial charge on any atom is -0.368 e. The van der Waals surface area contributed by atoms with E-state index in [1.807, 2.05) is 24.3 Å². The van der Waals surface area contributed by atoms with Gasteiger partial charge in [-0.25, -0.2) is 0 Å². The van der Waals surface area contributed by atoms with Crippen LogP contribution in [0.3, 0.4) is 0 Å². The van der Waals surface area contributed by atoms with Crippen molar-refractivity contribution < 1.29 is 9.59 Å². The number of carbonyl (C=O) groups is 2. The Morgan fingerprint density at radius 1 is 1.25 bits per heavy atom. The number of nitrogens with one attached hydrogen (secondary N) is 1. The first-order valence-electron chi connectivity index (χ1n) is 7.07. The molecule has 3 N–H and O–H groups in total. The quantitative estimate of drug-likeness (QED) is 0.807. The Kier molecular flexibility index (Phi) is 3.44. The van der Waals surface area contributed by atoms with Gasteiger partial charge in [0.1, 0.15) is 6.04 Å². The molecule has 5 heteroatoms. The fraction of sp³-hybridized carbons (Fsp3) is 0.467. The third-order valence-electron chi connectivity index (χ3n) is 4.22. The molecular weight excluding hydrogens is 254 g/mol. The number of benzene rings is 1. The SMILES string of the molecule is NC(=O)[C@@H]1Cc2ccccc2CN1C(=O)C1CCCN1. The highest BCUT2D eigenvalue weighted by Gasteiger charge is 2.36. The van der Waals surface area contributed by atoms with Gasteiger partial charge in [0.05, 0.1) is 6.04 Å². The fourth-order valence-electron chi connectivity index (χ4n) is 3.10. The molecular formula is C15H19N3O2. The lowest BCUT2D eigenvalue weighted by molar-refractivity contribution is -0.142. The van der Waals surface area contributed by atoms with E-state index in [2.05, 4.69) is 5.32 Å². The summed E-state index contributed by atoms with van der Waals surface area (Å²) in [6, 6.07) is 7.23. The molecule has 5 nitrogen and oxygen atoms in total. The molecule has 1 aromatic carbocycles. The Morgan fingerprint density at radius 2 is 2.00 bits per heavy atom. The lowest BCUT2D eigenvalue weighted by atomic mass is 9.93. The van der Waals surface area contributed by atoms with E-state index in [1.165, 1.54) is 0 Å². The largest absolute Gasteiger partial charge is 0.368 e. The van der Waals surface area contributed by atoms with Gasteiger partial charge in [-0.15, -0.1) is 0 Å². The van der Waals surface area contributed by atoms with Gasteiger partial charge in [0.2, 0.25) is 11.8 Å². The van der Waals surface area contributed by atoms with Crippen molar-refractivity contribution in [2.24, 2.45) is 5.73 Å². The van der Waals surface area contributed by atoms with Crippen LogP contribution in [0.1, 0.15) is 24.0 Å². The summed E-state index contributed by atoms with van der Waals surface area (Å²) in [7, 11) is 0. The molecule has 0 aromatic heterocycles. The summed E-state index contributed by atoms with van der Waals surface area (Å²) in [5.74, 6) is -0.424. The molecule has 2 aliphatic heterocycles. The molecule has 20 heavy (non-hydrogen) atoms. The average molecular weight is 273 g/mol. The molecule has 2 heterocycles. The summed E-state index contributed by atoms with van der Waals surface area (Å²) in [6.45, 7) is 1.34. The Balaban J connectivity index is 1.88. The maximum atomic E-state index is 12.6. The number of carbonyl (C=O) groups excluding carboxylic acids is 2. The summed E-state index contributed by atoms with van der Waals surface area (Å²) in [5, 5.41) is 3.19. The molecule has 0 saturated carbocycles. The van der Waals surface area contributed by atoms with Gasteiger partial charge < -0.3 is 16.0 Å². The number of hydrogen-bond donors (Lipinski definition) is 2. The number of amides is 2. The summed E-state index contributed by atoms with van der Waals surface area (Å²) in [5.41, 5.74) is 7.72. The van der Waals surface area contributed by atoms with E-state index in [1.54, 1.807) is 4.90 Å². The van der Waals surface area contributed by atoms with Crippen molar-refractivity contribution in [2.45, 2.75) is 37.9 Å². The molecule has 1 fully saturated rings. The van der Waals surface area contributed by atoms with Crippen molar-refractivity contribution >= 4 is 11.8 Å². The summed E-state index contributed by atoms with van der Waals surface area (Å²) in [4.78, 5) is 25.9. The van der Waals surface area contributed by atoms with Gasteiger partial charge in [0, 0.05) is 13.0 Å². The monoisotopic (exact) mass is 273 g/mol. The van der Waals surface area contributed by atoms with Gasteiger partial charge in [-0.1, -0.05) is 24.3 Å². The zero-order valence-corrected chi connectivity index (χ0v) is 11.3. The Labute approximate surface area is 118 Å². The third-order valence-corrected chi connectivity index (χ3v) is 4.22. The molecule has 2 atom stereocenters. The molecule has 1 unspecified atom stereocenters. The minimum atomic E-state index is -0.528. The van der Waals surface area contributed by atoms with Crippen LogP contribution >= 0.6 is 0 Å². The lowest BCUT2D eigenvalue weighted by Crippen LogP contribution is -2.55. The van der Waals surface area contributed by atoms with Crippen molar-refractivity contribution in [3.8, 4) is 0 Å². The maximum Gasteiger partial charge on any atom is 0.240 e. The van der Waals surface area contributed by atoms with Crippen LogP contribution in [0.2, 0.25) is 0 Å². The van der Waals surface area contributed by atoms with E-state index in [-0.39, 0.29) is 11.9 Å². The fourth-order valence-corrected chi connectivity index (χ4v) is 3.10. The molecule has 0 bridgehead atoms. The van der Waals surface area contributed by atoms with Crippen molar-refractivity contribution in [3.05, 3.63) is 35.4 Å².